The average Bonchev–Trinajstić information content (AvgIpc) is 2.41. The van der Waals surface area contributed by atoms with Gasteiger partial charge in [-0.1, -0.05) is 15.9 Å². The third-order valence-electron chi connectivity index (χ3n) is 3.91. The van der Waals surface area contributed by atoms with E-state index in [1.807, 2.05) is 36.9 Å². The van der Waals surface area contributed by atoms with Crippen LogP contribution in [-0.2, 0) is 0 Å². The number of carbonyl (C=O) groups excluding carboxylic acids is 1. The van der Waals surface area contributed by atoms with Gasteiger partial charge in [-0.3, -0.25) is 4.79 Å². The molecule has 104 valence electrons. The van der Waals surface area contributed by atoms with E-state index in [1.165, 1.54) is 0 Å². The van der Waals surface area contributed by atoms with Crippen molar-refractivity contribution in [3.63, 3.8) is 0 Å². The van der Waals surface area contributed by atoms with Crippen LogP contribution in [-0.4, -0.2) is 35.1 Å². The molecule has 3 nitrogen and oxygen atoms in total. The van der Waals surface area contributed by atoms with Crippen LogP contribution in [0, 0.1) is 12.8 Å². The Kier molecular flexibility index (Phi) is 4.63. The summed E-state index contributed by atoms with van der Waals surface area (Å²) in [5, 5.41) is 9.58. The molecule has 1 amide bonds. The van der Waals surface area contributed by atoms with Crippen molar-refractivity contribution >= 4 is 21.8 Å². The van der Waals surface area contributed by atoms with Crippen molar-refractivity contribution in [2.75, 3.05) is 13.1 Å². The number of halogens is 1. The number of hydrogen-bond donors (Lipinski definition) is 1. The first-order valence-electron chi connectivity index (χ1n) is 6.72. The van der Waals surface area contributed by atoms with E-state index in [0.717, 1.165) is 41.5 Å². The lowest BCUT2D eigenvalue weighted by atomic mass is 9.92. The van der Waals surface area contributed by atoms with Gasteiger partial charge in [0.2, 0.25) is 0 Å². The number of piperidine rings is 1. The molecule has 1 atom stereocenters. The summed E-state index contributed by atoms with van der Waals surface area (Å²) < 4.78 is 1.02. The lowest BCUT2D eigenvalue weighted by molar-refractivity contribution is 0.0521. The van der Waals surface area contributed by atoms with Gasteiger partial charge in [0.1, 0.15) is 0 Å². The monoisotopic (exact) mass is 325 g/mol. The minimum Gasteiger partial charge on any atom is -0.393 e. The van der Waals surface area contributed by atoms with Gasteiger partial charge in [-0.05, 0) is 56.4 Å². The van der Waals surface area contributed by atoms with Crippen LogP contribution in [0.3, 0.4) is 0 Å². The van der Waals surface area contributed by atoms with E-state index >= 15 is 0 Å². The third-order valence-corrected chi connectivity index (χ3v) is 4.80. The van der Waals surface area contributed by atoms with E-state index in [-0.39, 0.29) is 12.0 Å². The van der Waals surface area contributed by atoms with Crippen molar-refractivity contribution in [2.24, 2.45) is 5.92 Å². The van der Waals surface area contributed by atoms with Crippen LogP contribution in [0.5, 0.6) is 0 Å². The highest BCUT2D eigenvalue weighted by Gasteiger charge is 2.26. The maximum Gasteiger partial charge on any atom is 0.253 e. The van der Waals surface area contributed by atoms with Gasteiger partial charge in [-0.25, -0.2) is 0 Å². The van der Waals surface area contributed by atoms with Crippen molar-refractivity contribution in [1.82, 2.24) is 4.90 Å². The molecule has 0 radical (unpaired) electrons. The molecule has 0 aromatic heterocycles. The Labute approximate surface area is 122 Å². The highest BCUT2D eigenvalue weighted by molar-refractivity contribution is 9.10. The van der Waals surface area contributed by atoms with Crippen LogP contribution in [0.25, 0.3) is 0 Å². The first-order valence-corrected chi connectivity index (χ1v) is 7.52. The average molecular weight is 326 g/mol. The molecule has 1 aliphatic rings. The number of benzene rings is 1. The molecule has 1 saturated heterocycles. The standard InChI is InChI=1S/C15H20BrNO2/c1-10-9-13(3-4-14(10)16)15(19)17-7-5-12(6-8-17)11(2)18/h3-4,9,11-12,18H,5-8H2,1-2H3. The summed E-state index contributed by atoms with van der Waals surface area (Å²) in [6.07, 6.45) is 1.50. The maximum atomic E-state index is 12.4. The number of likely N-dealkylation sites (tertiary alicyclic amines) is 1. The molecule has 0 spiro atoms. The van der Waals surface area contributed by atoms with Crippen LogP contribution in [0.1, 0.15) is 35.7 Å². The molecule has 19 heavy (non-hydrogen) atoms. The molecule has 1 unspecified atom stereocenters. The zero-order chi connectivity index (χ0) is 14.0. The summed E-state index contributed by atoms with van der Waals surface area (Å²) in [6.45, 7) is 5.30. The predicted octanol–water partition coefficient (Wildman–Crippen LogP) is 2.99. The maximum absolute atomic E-state index is 12.4. The third kappa shape index (κ3) is 3.37. The first kappa shape index (κ1) is 14.5. The first-order chi connectivity index (χ1) is 8.99. The Morgan fingerprint density at radius 3 is 2.58 bits per heavy atom. The fourth-order valence-electron chi connectivity index (χ4n) is 2.55. The van der Waals surface area contributed by atoms with Crippen LogP contribution in [0.2, 0.25) is 0 Å². The minimum absolute atomic E-state index is 0.0969. The predicted molar refractivity (Wildman–Crippen MR) is 79.2 cm³/mol. The second-order valence-electron chi connectivity index (χ2n) is 5.33. The SMILES string of the molecule is Cc1cc(C(=O)N2CCC(C(C)O)CC2)ccc1Br. The van der Waals surface area contributed by atoms with E-state index in [1.54, 1.807) is 0 Å². The van der Waals surface area contributed by atoms with E-state index in [2.05, 4.69) is 15.9 Å². The fourth-order valence-corrected chi connectivity index (χ4v) is 2.79. The number of nitrogens with zero attached hydrogens (tertiary/aromatic N) is 1. The number of rotatable bonds is 2. The number of aryl methyl sites for hydroxylation is 1. The van der Waals surface area contributed by atoms with Gasteiger partial charge in [0, 0.05) is 23.1 Å². The van der Waals surface area contributed by atoms with Gasteiger partial charge in [0.05, 0.1) is 6.10 Å². The molecule has 0 aliphatic carbocycles. The zero-order valence-electron chi connectivity index (χ0n) is 11.4. The topological polar surface area (TPSA) is 40.5 Å². The Morgan fingerprint density at radius 2 is 2.05 bits per heavy atom. The van der Waals surface area contributed by atoms with Gasteiger partial charge in [0.15, 0.2) is 0 Å². The van der Waals surface area contributed by atoms with Crippen molar-refractivity contribution in [3.05, 3.63) is 33.8 Å². The van der Waals surface area contributed by atoms with Crippen LogP contribution < -0.4 is 0 Å². The van der Waals surface area contributed by atoms with Crippen molar-refractivity contribution in [3.8, 4) is 0 Å². The van der Waals surface area contributed by atoms with Gasteiger partial charge in [-0.2, -0.15) is 0 Å². The molecular formula is C15H20BrNO2. The molecule has 1 aliphatic heterocycles. The molecule has 1 heterocycles. The van der Waals surface area contributed by atoms with E-state index in [9.17, 15) is 9.90 Å². The lowest BCUT2D eigenvalue weighted by Crippen LogP contribution is -2.40. The van der Waals surface area contributed by atoms with E-state index < -0.39 is 0 Å². The number of hydrogen-bond acceptors (Lipinski definition) is 2. The van der Waals surface area contributed by atoms with Gasteiger partial charge in [0.25, 0.3) is 5.91 Å². The normalized spacial score (nSPS) is 18.4. The van der Waals surface area contributed by atoms with Crippen molar-refractivity contribution in [1.29, 1.82) is 0 Å². The summed E-state index contributed by atoms with van der Waals surface area (Å²) >= 11 is 3.45. The molecule has 0 bridgehead atoms. The van der Waals surface area contributed by atoms with Crippen LogP contribution in [0.15, 0.2) is 22.7 Å². The van der Waals surface area contributed by atoms with Crippen molar-refractivity contribution < 1.29 is 9.90 Å². The Morgan fingerprint density at radius 1 is 1.42 bits per heavy atom. The van der Waals surface area contributed by atoms with Crippen LogP contribution in [0.4, 0.5) is 0 Å². The molecule has 1 fully saturated rings. The summed E-state index contributed by atoms with van der Waals surface area (Å²) in [5.74, 6) is 0.426. The molecule has 2 rings (SSSR count). The zero-order valence-corrected chi connectivity index (χ0v) is 13.0. The molecule has 1 N–H and O–H groups in total. The Balaban J connectivity index is 2.03. The van der Waals surface area contributed by atoms with E-state index in [4.69, 9.17) is 0 Å². The highest BCUT2D eigenvalue weighted by atomic mass is 79.9. The smallest absolute Gasteiger partial charge is 0.253 e. The largest absolute Gasteiger partial charge is 0.393 e. The molecule has 0 saturated carbocycles. The number of aliphatic hydroxyl groups is 1. The second-order valence-corrected chi connectivity index (χ2v) is 6.19. The quantitative estimate of drug-likeness (QED) is 0.908. The van der Waals surface area contributed by atoms with Gasteiger partial charge < -0.3 is 10.0 Å². The minimum atomic E-state index is -0.271. The van der Waals surface area contributed by atoms with E-state index in [0.29, 0.717) is 5.92 Å². The van der Waals surface area contributed by atoms with Crippen LogP contribution >= 0.6 is 15.9 Å². The van der Waals surface area contributed by atoms with Crippen molar-refractivity contribution in [2.45, 2.75) is 32.8 Å². The summed E-state index contributed by atoms with van der Waals surface area (Å²) in [4.78, 5) is 14.3. The van der Waals surface area contributed by atoms with Gasteiger partial charge in [-0.15, -0.1) is 0 Å². The lowest BCUT2D eigenvalue weighted by Gasteiger charge is -2.33. The number of amides is 1. The second kappa shape index (κ2) is 6.06. The molecule has 1 aromatic carbocycles. The molecule has 1 aromatic rings. The fraction of sp³-hybridized carbons (Fsp3) is 0.533. The summed E-state index contributed by atoms with van der Waals surface area (Å²) in [5.41, 5.74) is 1.82. The highest BCUT2D eigenvalue weighted by Crippen LogP contribution is 2.23. The number of carbonyl (C=O) groups is 1. The van der Waals surface area contributed by atoms with Gasteiger partial charge >= 0.3 is 0 Å². The summed E-state index contributed by atoms with van der Waals surface area (Å²) in [6, 6.07) is 5.71. The summed E-state index contributed by atoms with van der Waals surface area (Å²) in [7, 11) is 0. The number of aliphatic hydroxyl groups excluding tert-OH is 1. The Hall–Kier alpha value is -0.870. The Bertz CT molecular complexity index is 465. The molecule has 4 heteroatoms. The molecular weight excluding hydrogens is 306 g/mol.